The molecule has 4 heteroatoms. The predicted molar refractivity (Wildman–Crippen MR) is 87.1 cm³/mol. The Balaban J connectivity index is 2.68. The molecular formula is C15H25N3S. The number of nitrogens with zero attached hydrogens (tertiary/aromatic N) is 1. The van der Waals surface area contributed by atoms with E-state index in [0.29, 0.717) is 5.41 Å². The lowest BCUT2D eigenvalue weighted by Crippen LogP contribution is -2.24. The summed E-state index contributed by atoms with van der Waals surface area (Å²) >= 11 is 4.69. The molecule has 0 bridgehead atoms. The van der Waals surface area contributed by atoms with Gasteiger partial charge in [0.25, 0.3) is 0 Å². The van der Waals surface area contributed by atoms with Crippen molar-refractivity contribution in [2.75, 3.05) is 0 Å². The van der Waals surface area contributed by atoms with E-state index >= 15 is 0 Å². The smallest absolute Gasteiger partial charge is 0.184 e. The van der Waals surface area contributed by atoms with Crippen LogP contribution in [0.25, 0.3) is 0 Å². The van der Waals surface area contributed by atoms with Crippen molar-refractivity contribution >= 4 is 23.5 Å². The lowest BCUT2D eigenvalue weighted by molar-refractivity contribution is 0.360. The zero-order chi connectivity index (χ0) is 14.5. The van der Waals surface area contributed by atoms with Crippen molar-refractivity contribution in [1.82, 2.24) is 5.43 Å². The Labute approximate surface area is 122 Å². The second-order valence-corrected chi connectivity index (χ2v) is 6.32. The number of thiocarbonyl (C=S) groups is 1. The highest BCUT2D eigenvalue weighted by Gasteiger charge is 2.27. The Hall–Kier alpha value is -1.16. The number of nitrogens with two attached hydrogens (primary N) is 1. The third-order valence-electron chi connectivity index (χ3n) is 3.76. The van der Waals surface area contributed by atoms with Gasteiger partial charge in [-0.05, 0) is 62.7 Å². The first kappa shape index (κ1) is 15.9. The average Bonchev–Trinajstić information content (AvgIpc) is 2.26. The number of rotatable bonds is 4. The van der Waals surface area contributed by atoms with Crippen LogP contribution in [0.15, 0.2) is 27.9 Å². The molecule has 0 atom stereocenters. The van der Waals surface area contributed by atoms with Crippen LogP contribution < -0.4 is 11.2 Å². The van der Waals surface area contributed by atoms with Crippen LogP contribution in [0.1, 0.15) is 53.4 Å². The molecule has 0 fully saturated rings. The standard InChI is InChI=1S/C15H25N3S/c1-11(10-17-18-14(16)19)7-8-13-12(2)6-5-9-15(13,3)4/h7,10H,5-6,8-9H2,1-4H3,(H3,16,18,19)/b11-7+,17-10-. The molecule has 1 rings (SSSR count). The highest BCUT2D eigenvalue weighted by molar-refractivity contribution is 7.80. The Morgan fingerprint density at radius 1 is 1.53 bits per heavy atom. The van der Waals surface area contributed by atoms with Gasteiger partial charge in [-0.25, -0.2) is 0 Å². The van der Waals surface area contributed by atoms with E-state index in [1.165, 1.54) is 19.3 Å². The van der Waals surface area contributed by atoms with Gasteiger partial charge in [-0.3, -0.25) is 5.43 Å². The summed E-state index contributed by atoms with van der Waals surface area (Å²) in [5.41, 5.74) is 12.4. The molecule has 0 spiro atoms. The summed E-state index contributed by atoms with van der Waals surface area (Å²) < 4.78 is 0. The summed E-state index contributed by atoms with van der Waals surface area (Å²) in [6.45, 7) is 8.99. The Morgan fingerprint density at radius 2 is 2.21 bits per heavy atom. The van der Waals surface area contributed by atoms with Gasteiger partial charge in [0, 0.05) is 6.21 Å². The second-order valence-electron chi connectivity index (χ2n) is 5.88. The largest absolute Gasteiger partial charge is 0.375 e. The first-order chi connectivity index (χ1) is 8.83. The minimum atomic E-state index is 0.191. The van der Waals surface area contributed by atoms with Crippen molar-refractivity contribution in [2.45, 2.75) is 53.4 Å². The van der Waals surface area contributed by atoms with E-state index in [1.54, 1.807) is 17.4 Å². The molecule has 1 aliphatic rings. The summed E-state index contributed by atoms with van der Waals surface area (Å²) in [6.07, 6.45) is 8.81. The van der Waals surface area contributed by atoms with E-state index in [4.69, 9.17) is 5.73 Å². The Morgan fingerprint density at radius 3 is 2.79 bits per heavy atom. The number of nitrogens with one attached hydrogen (secondary N) is 1. The molecule has 0 aliphatic heterocycles. The van der Waals surface area contributed by atoms with Gasteiger partial charge in [0.2, 0.25) is 0 Å². The maximum absolute atomic E-state index is 5.30. The molecule has 0 heterocycles. The maximum atomic E-state index is 5.30. The lowest BCUT2D eigenvalue weighted by Gasteiger charge is -2.34. The molecule has 106 valence electrons. The number of allylic oxidation sites excluding steroid dienone is 4. The van der Waals surface area contributed by atoms with Crippen LogP contribution in [0, 0.1) is 5.41 Å². The summed E-state index contributed by atoms with van der Waals surface area (Å²) in [6, 6.07) is 0. The summed E-state index contributed by atoms with van der Waals surface area (Å²) in [5, 5.41) is 4.16. The van der Waals surface area contributed by atoms with Crippen LogP contribution in [0.2, 0.25) is 0 Å². The minimum absolute atomic E-state index is 0.191. The zero-order valence-corrected chi connectivity index (χ0v) is 13.2. The van der Waals surface area contributed by atoms with E-state index in [9.17, 15) is 0 Å². The van der Waals surface area contributed by atoms with Crippen molar-refractivity contribution in [3.8, 4) is 0 Å². The monoisotopic (exact) mass is 279 g/mol. The normalized spacial score (nSPS) is 19.9. The molecule has 0 aromatic heterocycles. The van der Waals surface area contributed by atoms with Crippen LogP contribution in [0.4, 0.5) is 0 Å². The fourth-order valence-corrected chi connectivity index (χ4v) is 2.69. The van der Waals surface area contributed by atoms with E-state index in [-0.39, 0.29) is 5.11 Å². The van der Waals surface area contributed by atoms with Gasteiger partial charge in [-0.2, -0.15) is 5.10 Å². The van der Waals surface area contributed by atoms with E-state index in [0.717, 1.165) is 12.0 Å². The molecule has 19 heavy (non-hydrogen) atoms. The lowest BCUT2D eigenvalue weighted by atomic mass is 9.71. The molecular weight excluding hydrogens is 254 g/mol. The Bertz CT molecular complexity index is 431. The molecule has 3 N–H and O–H groups in total. The molecule has 0 saturated carbocycles. The van der Waals surface area contributed by atoms with Gasteiger partial charge >= 0.3 is 0 Å². The van der Waals surface area contributed by atoms with Crippen molar-refractivity contribution in [2.24, 2.45) is 16.3 Å². The zero-order valence-electron chi connectivity index (χ0n) is 12.4. The van der Waals surface area contributed by atoms with Crippen LogP contribution in [-0.2, 0) is 0 Å². The van der Waals surface area contributed by atoms with Crippen LogP contribution in [0.3, 0.4) is 0 Å². The van der Waals surface area contributed by atoms with Gasteiger partial charge < -0.3 is 5.73 Å². The summed E-state index contributed by atoms with van der Waals surface area (Å²) in [4.78, 5) is 0. The summed E-state index contributed by atoms with van der Waals surface area (Å²) in [5.74, 6) is 0. The quantitative estimate of drug-likeness (QED) is 0.357. The van der Waals surface area contributed by atoms with Gasteiger partial charge in [0.15, 0.2) is 5.11 Å². The van der Waals surface area contributed by atoms with Crippen LogP contribution >= 0.6 is 12.2 Å². The predicted octanol–water partition coefficient (Wildman–Crippen LogP) is 3.67. The topological polar surface area (TPSA) is 50.4 Å². The van der Waals surface area contributed by atoms with E-state index < -0.39 is 0 Å². The SMILES string of the molecule is CC1=C(C/C=C(C)/C=N\NC(N)=S)C(C)(C)CCC1. The second kappa shape index (κ2) is 6.85. The minimum Gasteiger partial charge on any atom is -0.375 e. The fraction of sp³-hybridized carbons (Fsp3) is 0.600. The first-order valence-corrected chi connectivity index (χ1v) is 7.18. The summed E-state index contributed by atoms with van der Waals surface area (Å²) in [7, 11) is 0. The van der Waals surface area contributed by atoms with Crippen molar-refractivity contribution in [1.29, 1.82) is 0 Å². The number of hydrogen-bond acceptors (Lipinski definition) is 2. The van der Waals surface area contributed by atoms with Gasteiger partial charge in [0.05, 0.1) is 0 Å². The molecule has 3 nitrogen and oxygen atoms in total. The molecule has 0 aromatic carbocycles. The number of hydrogen-bond donors (Lipinski definition) is 2. The average molecular weight is 279 g/mol. The van der Waals surface area contributed by atoms with Gasteiger partial charge in [-0.15, -0.1) is 0 Å². The molecule has 0 radical (unpaired) electrons. The van der Waals surface area contributed by atoms with Crippen molar-refractivity contribution in [3.05, 3.63) is 22.8 Å². The molecule has 0 amide bonds. The fourth-order valence-electron chi connectivity index (χ4n) is 2.64. The van der Waals surface area contributed by atoms with Crippen molar-refractivity contribution in [3.63, 3.8) is 0 Å². The third kappa shape index (κ3) is 5.15. The highest BCUT2D eigenvalue weighted by Crippen LogP contribution is 2.41. The highest BCUT2D eigenvalue weighted by atomic mass is 32.1. The molecule has 0 aromatic rings. The van der Waals surface area contributed by atoms with Gasteiger partial charge in [-0.1, -0.05) is 31.1 Å². The third-order valence-corrected chi connectivity index (χ3v) is 3.85. The van der Waals surface area contributed by atoms with Crippen LogP contribution in [-0.4, -0.2) is 11.3 Å². The Kier molecular flexibility index (Phi) is 5.73. The molecule has 0 unspecified atom stereocenters. The molecule has 1 aliphatic carbocycles. The van der Waals surface area contributed by atoms with Gasteiger partial charge in [0.1, 0.15) is 0 Å². The van der Waals surface area contributed by atoms with Crippen LogP contribution in [0.5, 0.6) is 0 Å². The number of hydrazone groups is 1. The van der Waals surface area contributed by atoms with Crippen molar-refractivity contribution < 1.29 is 0 Å². The van der Waals surface area contributed by atoms with E-state index in [2.05, 4.69) is 49.6 Å². The molecule has 0 saturated heterocycles. The first-order valence-electron chi connectivity index (χ1n) is 6.77. The van der Waals surface area contributed by atoms with E-state index in [1.807, 2.05) is 6.92 Å². The maximum Gasteiger partial charge on any atom is 0.184 e.